The summed E-state index contributed by atoms with van der Waals surface area (Å²) in [4.78, 5) is 50.6. The molecule has 1 aliphatic rings. The SMILES string of the molecule is CCOC(=O)C(NC(=O)OCC1c2ccccc2-c2ccccc21)C(=O)N(CC)C(C)CC(=O)O. The molecule has 0 fully saturated rings. The Kier molecular flexibility index (Phi) is 8.46. The van der Waals surface area contributed by atoms with Crippen LogP contribution in [0.5, 0.6) is 0 Å². The maximum atomic E-state index is 13.1. The molecule has 0 aliphatic heterocycles. The van der Waals surface area contributed by atoms with E-state index in [1.165, 1.54) is 4.90 Å². The van der Waals surface area contributed by atoms with Gasteiger partial charge in [0.15, 0.2) is 0 Å². The lowest BCUT2D eigenvalue weighted by atomic mass is 9.98. The Morgan fingerprint density at radius 3 is 2.06 bits per heavy atom. The van der Waals surface area contributed by atoms with Gasteiger partial charge in [-0.3, -0.25) is 14.9 Å². The molecule has 0 spiro atoms. The highest BCUT2D eigenvalue weighted by Crippen LogP contribution is 2.44. The van der Waals surface area contributed by atoms with Crippen LogP contribution >= 0.6 is 0 Å². The van der Waals surface area contributed by atoms with E-state index < -0.39 is 36.0 Å². The van der Waals surface area contributed by atoms with Crippen molar-refractivity contribution in [3.8, 4) is 11.1 Å². The van der Waals surface area contributed by atoms with Crippen LogP contribution < -0.4 is 5.32 Å². The van der Waals surface area contributed by atoms with Crippen molar-refractivity contribution >= 4 is 23.9 Å². The lowest BCUT2D eigenvalue weighted by Crippen LogP contribution is -2.55. The van der Waals surface area contributed by atoms with E-state index in [9.17, 15) is 19.2 Å². The summed E-state index contributed by atoms with van der Waals surface area (Å²) in [7, 11) is 0. The fraction of sp³-hybridized carbons (Fsp3) is 0.385. The highest BCUT2D eigenvalue weighted by atomic mass is 16.6. The van der Waals surface area contributed by atoms with E-state index in [0.29, 0.717) is 0 Å². The van der Waals surface area contributed by atoms with Crippen molar-refractivity contribution in [2.75, 3.05) is 19.8 Å². The first kappa shape index (κ1) is 25.7. The summed E-state index contributed by atoms with van der Waals surface area (Å²) >= 11 is 0. The van der Waals surface area contributed by atoms with Crippen LogP contribution in [-0.2, 0) is 23.9 Å². The number of hydrogen-bond acceptors (Lipinski definition) is 6. The molecular weight excluding hydrogens is 452 g/mol. The van der Waals surface area contributed by atoms with Gasteiger partial charge in [0.1, 0.15) is 6.61 Å². The number of ether oxygens (including phenoxy) is 2. The second-order valence-corrected chi connectivity index (χ2v) is 8.23. The standard InChI is InChI=1S/C26H30N2O7/c1-4-28(16(3)14-22(29)30)24(31)23(25(32)34-5-2)27-26(33)35-15-21-19-12-8-6-10-17(19)18-11-7-9-13-20(18)21/h6-13,16,21,23H,4-5,14-15H2,1-3H3,(H,27,33)(H,29,30). The molecule has 3 rings (SSSR count). The van der Waals surface area contributed by atoms with E-state index in [1.54, 1.807) is 20.8 Å². The predicted octanol–water partition coefficient (Wildman–Crippen LogP) is 3.17. The third-order valence-corrected chi connectivity index (χ3v) is 6.00. The Hall–Kier alpha value is -3.88. The Morgan fingerprint density at radius 2 is 1.54 bits per heavy atom. The number of nitrogens with one attached hydrogen (secondary N) is 1. The summed E-state index contributed by atoms with van der Waals surface area (Å²) in [6.45, 7) is 4.96. The lowest BCUT2D eigenvalue weighted by molar-refractivity contribution is -0.153. The van der Waals surface area contributed by atoms with Gasteiger partial charge in [-0.05, 0) is 43.0 Å². The predicted molar refractivity (Wildman–Crippen MR) is 128 cm³/mol. The minimum Gasteiger partial charge on any atom is -0.481 e. The van der Waals surface area contributed by atoms with Gasteiger partial charge in [-0.2, -0.15) is 0 Å². The number of fused-ring (bicyclic) bond motifs is 3. The van der Waals surface area contributed by atoms with Crippen molar-refractivity contribution in [1.29, 1.82) is 0 Å². The van der Waals surface area contributed by atoms with Gasteiger partial charge in [-0.15, -0.1) is 0 Å². The quantitative estimate of drug-likeness (QED) is 0.394. The molecule has 2 atom stereocenters. The highest BCUT2D eigenvalue weighted by molar-refractivity contribution is 6.04. The molecule has 35 heavy (non-hydrogen) atoms. The molecule has 9 nitrogen and oxygen atoms in total. The summed E-state index contributed by atoms with van der Waals surface area (Å²) < 4.78 is 10.4. The molecule has 0 radical (unpaired) electrons. The van der Waals surface area contributed by atoms with Crippen LogP contribution in [-0.4, -0.2) is 65.8 Å². The molecule has 2 N–H and O–H groups in total. The number of carboxylic acids is 1. The number of esters is 1. The third-order valence-electron chi connectivity index (χ3n) is 6.00. The Bertz CT molecular complexity index is 1060. The Labute approximate surface area is 204 Å². The van der Waals surface area contributed by atoms with Crippen LogP contribution in [0.2, 0.25) is 0 Å². The van der Waals surface area contributed by atoms with Gasteiger partial charge in [-0.25, -0.2) is 9.59 Å². The molecule has 0 saturated heterocycles. The monoisotopic (exact) mass is 482 g/mol. The zero-order valence-corrected chi connectivity index (χ0v) is 20.0. The molecule has 1 aliphatic carbocycles. The smallest absolute Gasteiger partial charge is 0.408 e. The fourth-order valence-corrected chi connectivity index (χ4v) is 4.42. The second kappa shape index (κ2) is 11.5. The third kappa shape index (κ3) is 5.79. The number of amides is 2. The van der Waals surface area contributed by atoms with Crippen molar-refractivity contribution < 1.29 is 33.8 Å². The zero-order valence-electron chi connectivity index (χ0n) is 20.0. The van der Waals surface area contributed by atoms with Crippen LogP contribution in [0.25, 0.3) is 11.1 Å². The number of benzene rings is 2. The van der Waals surface area contributed by atoms with Gasteiger partial charge in [0.2, 0.25) is 6.04 Å². The summed E-state index contributed by atoms with van der Waals surface area (Å²) in [5.74, 6) is -2.96. The van der Waals surface area contributed by atoms with E-state index >= 15 is 0 Å². The molecule has 2 unspecified atom stereocenters. The van der Waals surface area contributed by atoms with E-state index in [4.69, 9.17) is 14.6 Å². The highest BCUT2D eigenvalue weighted by Gasteiger charge is 2.36. The minimum atomic E-state index is -1.65. The van der Waals surface area contributed by atoms with E-state index in [1.807, 2.05) is 48.5 Å². The average molecular weight is 483 g/mol. The van der Waals surface area contributed by atoms with Gasteiger partial charge in [-0.1, -0.05) is 48.5 Å². The van der Waals surface area contributed by atoms with E-state index in [0.717, 1.165) is 22.3 Å². The van der Waals surface area contributed by atoms with Gasteiger partial charge in [0.05, 0.1) is 13.0 Å². The number of nitrogens with zero attached hydrogens (tertiary/aromatic N) is 1. The zero-order chi connectivity index (χ0) is 25.5. The van der Waals surface area contributed by atoms with Crippen molar-refractivity contribution in [3.05, 3.63) is 59.7 Å². The maximum absolute atomic E-state index is 13.1. The number of aliphatic carboxylic acids is 1. The number of rotatable bonds is 10. The van der Waals surface area contributed by atoms with Gasteiger partial charge < -0.3 is 19.5 Å². The maximum Gasteiger partial charge on any atom is 0.408 e. The molecule has 0 bridgehead atoms. The summed E-state index contributed by atoms with van der Waals surface area (Å²) in [5.41, 5.74) is 4.20. The van der Waals surface area contributed by atoms with Crippen molar-refractivity contribution in [1.82, 2.24) is 10.2 Å². The Balaban J connectivity index is 1.73. The molecule has 0 heterocycles. The number of carboxylic acid groups (broad SMARTS) is 1. The van der Waals surface area contributed by atoms with Gasteiger partial charge in [0, 0.05) is 18.5 Å². The minimum absolute atomic E-state index is 0.00574. The largest absolute Gasteiger partial charge is 0.481 e. The van der Waals surface area contributed by atoms with Crippen LogP contribution in [0.3, 0.4) is 0 Å². The molecule has 2 aromatic carbocycles. The second-order valence-electron chi connectivity index (χ2n) is 8.23. The van der Waals surface area contributed by atoms with Crippen molar-refractivity contribution in [2.45, 2.75) is 45.2 Å². The molecule has 2 aromatic rings. The fourth-order valence-electron chi connectivity index (χ4n) is 4.42. The van der Waals surface area contributed by atoms with Crippen molar-refractivity contribution in [2.24, 2.45) is 0 Å². The van der Waals surface area contributed by atoms with Crippen LogP contribution in [0, 0.1) is 0 Å². The number of likely N-dealkylation sites (N-methyl/N-ethyl adjacent to an activating group) is 1. The first-order valence-corrected chi connectivity index (χ1v) is 11.6. The molecule has 0 saturated carbocycles. The molecular formula is C26H30N2O7. The topological polar surface area (TPSA) is 122 Å². The normalized spacial score (nSPS) is 13.7. The van der Waals surface area contributed by atoms with Crippen LogP contribution in [0.4, 0.5) is 4.79 Å². The first-order valence-electron chi connectivity index (χ1n) is 11.6. The first-order chi connectivity index (χ1) is 16.8. The molecule has 186 valence electrons. The number of hydrogen-bond donors (Lipinski definition) is 2. The van der Waals surface area contributed by atoms with Crippen LogP contribution in [0.1, 0.15) is 44.2 Å². The molecule has 2 amide bonds. The summed E-state index contributed by atoms with van der Waals surface area (Å²) in [6.07, 6.45) is -1.25. The average Bonchev–Trinajstić information content (AvgIpc) is 3.15. The van der Waals surface area contributed by atoms with Crippen LogP contribution in [0.15, 0.2) is 48.5 Å². The van der Waals surface area contributed by atoms with Crippen molar-refractivity contribution in [3.63, 3.8) is 0 Å². The van der Waals surface area contributed by atoms with E-state index in [2.05, 4.69) is 5.32 Å². The van der Waals surface area contributed by atoms with Gasteiger partial charge >= 0.3 is 18.0 Å². The van der Waals surface area contributed by atoms with Gasteiger partial charge in [0.25, 0.3) is 5.91 Å². The lowest BCUT2D eigenvalue weighted by Gasteiger charge is -2.30. The summed E-state index contributed by atoms with van der Waals surface area (Å²) in [6, 6.07) is 13.4. The molecule has 0 aromatic heterocycles. The number of alkyl carbamates (subject to hydrolysis) is 1. The number of carbonyl (C=O) groups is 4. The molecule has 9 heteroatoms. The number of carbonyl (C=O) groups excluding carboxylic acids is 3. The summed E-state index contributed by atoms with van der Waals surface area (Å²) in [5, 5.41) is 11.4. The van der Waals surface area contributed by atoms with E-state index in [-0.39, 0.29) is 32.1 Å². The Morgan fingerprint density at radius 1 is 0.971 bits per heavy atom.